The first-order chi connectivity index (χ1) is 6.47. The zero-order valence-corrected chi connectivity index (χ0v) is 7.31. The van der Waals surface area contributed by atoms with Crippen molar-refractivity contribution in [2.24, 2.45) is 0 Å². The zero-order chi connectivity index (χ0) is 8.93. The highest BCUT2D eigenvalue weighted by Crippen LogP contribution is 2.02. The number of hydrazine groups is 1. The standard InChI is InChI=1S/C8H12N4O/c1-2-9-8(10-3-1)12-5-7-13-6-4-11-12/h1-3,11H,4-7H2. The zero-order valence-electron chi connectivity index (χ0n) is 7.31. The van der Waals surface area contributed by atoms with Crippen molar-refractivity contribution in [1.29, 1.82) is 0 Å². The van der Waals surface area contributed by atoms with Crippen molar-refractivity contribution in [3.05, 3.63) is 18.5 Å². The summed E-state index contributed by atoms with van der Waals surface area (Å²) in [5.74, 6) is 0.702. The summed E-state index contributed by atoms with van der Waals surface area (Å²) < 4.78 is 5.29. The van der Waals surface area contributed by atoms with Crippen LogP contribution in [0, 0.1) is 0 Å². The average molecular weight is 180 g/mol. The van der Waals surface area contributed by atoms with Crippen LogP contribution in [0.25, 0.3) is 0 Å². The lowest BCUT2D eigenvalue weighted by Crippen LogP contribution is -2.40. The molecule has 0 bridgehead atoms. The monoisotopic (exact) mass is 180 g/mol. The molecule has 0 amide bonds. The fourth-order valence-corrected chi connectivity index (χ4v) is 1.19. The summed E-state index contributed by atoms with van der Waals surface area (Å²) in [7, 11) is 0. The van der Waals surface area contributed by atoms with E-state index in [4.69, 9.17) is 4.74 Å². The Morgan fingerprint density at radius 2 is 2.15 bits per heavy atom. The molecule has 1 aromatic heterocycles. The Morgan fingerprint density at radius 1 is 1.31 bits per heavy atom. The quantitative estimate of drug-likeness (QED) is 0.649. The number of nitrogens with one attached hydrogen (secondary N) is 1. The molecule has 2 rings (SSSR count). The molecule has 0 unspecified atom stereocenters. The highest BCUT2D eigenvalue weighted by Gasteiger charge is 2.10. The first-order valence-electron chi connectivity index (χ1n) is 4.32. The van der Waals surface area contributed by atoms with Crippen molar-refractivity contribution in [2.45, 2.75) is 0 Å². The van der Waals surface area contributed by atoms with E-state index in [1.165, 1.54) is 0 Å². The smallest absolute Gasteiger partial charge is 0.239 e. The predicted molar refractivity (Wildman–Crippen MR) is 48.2 cm³/mol. The van der Waals surface area contributed by atoms with Crippen LogP contribution in [0.2, 0.25) is 0 Å². The number of anilines is 1. The van der Waals surface area contributed by atoms with Gasteiger partial charge in [-0.3, -0.25) is 5.01 Å². The van der Waals surface area contributed by atoms with E-state index in [9.17, 15) is 0 Å². The molecule has 0 atom stereocenters. The van der Waals surface area contributed by atoms with Crippen LogP contribution in [0.4, 0.5) is 5.95 Å². The lowest BCUT2D eigenvalue weighted by atomic mass is 10.6. The summed E-state index contributed by atoms with van der Waals surface area (Å²) in [6.45, 7) is 3.04. The highest BCUT2D eigenvalue weighted by atomic mass is 16.5. The van der Waals surface area contributed by atoms with Crippen LogP contribution in [0.15, 0.2) is 18.5 Å². The Kier molecular flexibility index (Phi) is 2.68. The number of nitrogens with zero attached hydrogens (tertiary/aromatic N) is 3. The van der Waals surface area contributed by atoms with E-state index in [-0.39, 0.29) is 0 Å². The molecule has 1 fully saturated rings. The van der Waals surface area contributed by atoms with E-state index in [0.29, 0.717) is 12.6 Å². The first kappa shape index (κ1) is 8.40. The summed E-state index contributed by atoms with van der Waals surface area (Å²) in [6, 6.07) is 1.80. The Hall–Kier alpha value is -1.20. The van der Waals surface area contributed by atoms with Gasteiger partial charge in [0.25, 0.3) is 0 Å². The van der Waals surface area contributed by atoms with Crippen molar-refractivity contribution >= 4 is 5.95 Å². The molecule has 70 valence electrons. The van der Waals surface area contributed by atoms with Gasteiger partial charge in [0.05, 0.1) is 19.8 Å². The summed E-state index contributed by atoms with van der Waals surface area (Å²) in [5, 5.41) is 1.91. The molecule has 0 spiro atoms. The van der Waals surface area contributed by atoms with Crippen LogP contribution < -0.4 is 10.4 Å². The Morgan fingerprint density at radius 3 is 3.00 bits per heavy atom. The third-order valence-corrected chi connectivity index (χ3v) is 1.80. The highest BCUT2D eigenvalue weighted by molar-refractivity contribution is 5.25. The van der Waals surface area contributed by atoms with Crippen LogP contribution in [0.3, 0.4) is 0 Å². The molecule has 13 heavy (non-hydrogen) atoms. The molecule has 0 saturated carbocycles. The average Bonchev–Trinajstić information content (AvgIpc) is 2.47. The second kappa shape index (κ2) is 4.15. The van der Waals surface area contributed by atoms with Crippen LogP contribution in [0.5, 0.6) is 0 Å². The van der Waals surface area contributed by atoms with Crippen LogP contribution in [0.1, 0.15) is 0 Å². The van der Waals surface area contributed by atoms with Gasteiger partial charge in [0, 0.05) is 18.9 Å². The van der Waals surface area contributed by atoms with Crippen molar-refractivity contribution < 1.29 is 4.74 Å². The fraction of sp³-hybridized carbons (Fsp3) is 0.500. The minimum absolute atomic E-state index is 0.702. The second-order valence-corrected chi connectivity index (χ2v) is 2.72. The van der Waals surface area contributed by atoms with E-state index in [2.05, 4.69) is 15.4 Å². The molecular weight excluding hydrogens is 168 g/mol. The molecule has 5 nitrogen and oxygen atoms in total. The summed E-state index contributed by atoms with van der Waals surface area (Å²) in [5.41, 5.74) is 3.18. The molecular formula is C8H12N4O. The van der Waals surface area contributed by atoms with Gasteiger partial charge in [-0.05, 0) is 6.07 Å². The van der Waals surface area contributed by atoms with E-state index < -0.39 is 0 Å². The molecule has 0 aromatic carbocycles. The number of hydrogen-bond donors (Lipinski definition) is 1. The van der Waals surface area contributed by atoms with Gasteiger partial charge in [-0.2, -0.15) is 0 Å². The maximum Gasteiger partial charge on any atom is 0.239 e. The van der Waals surface area contributed by atoms with Gasteiger partial charge >= 0.3 is 0 Å². The number of aromatic nitrogens is 2. The van der Waals surface area contributed by atoms with Gasteiger partial charge < -0.3 is 4.74 Å². The minimum atomic E-state index is 0.702. The topological polar surface area (TPSA) is 50.3 Å². The van der Waals surface area contributed by atoms with Gasteiger partial charge in [-0.1, -0.05) is 0 Å². The molecule has 1 aliphatic heterocycles. The van der Waals surface area contributed by atoms with Crippen molar-refractivity contribution in [1.82, 2.24) is 15.4 Å². The van der Waals surface area contributed by atoms with Gasteiger partial charge in [-0.25, -0.2) is 15.4 Å². The number of ether oxygens (including phenoxy) is 1. The maximum atomic E-state index is 5.29. The lowest BCUT2D eigenvalue weighted by molar-refractivity contribution is 0.158. The first-order valence-corrected chi connectivity index (χ1v) is 4.32. The van der Waals surface area contributed by atoms with Gasteiger partial charge in [0.2, 0.25) is 5.95 Å². The Balaban J connectivity index is 2.06. The third-order valence-electron chi connectivity index (χ3n) is 1.80. The summed E-state index contributed by atoms with van der Waals surface area (Å²) >= 11 is 0. The van der Waals surface area contributed by atoms with Crippen LogP contribution in [-0.2, 0) is 4.74 Å². The molecule has 5 heteroatoms. The van der Waals surface area contributed by atoms with Crippen molar-refractivity contribution in [3.8, 4) is 0 Å². The van der Waals surface area contributed by atoms with Gasteiger partial charge in [0.1, 0.15) is 0 Å². The lowest BCUT2D eigenvalue weighted by Gasteiger charge is -2.19. The maximum absolute atomic E-state index is 5.29. The molecule has 1 N–H and O–H groups in total. The van der Waals surface area contributed by atoms with E-state index in [1.54, 1.807) is 18.5 Å². The second-order valence-electron chi connectivity index (χ2n) is 2.72. The van der Waals surface area contributed by atoms with E-state index in [1.807, 2.05) is 5.01 Å². The van der Waals surface area contributed by atoms with Gasteiger partial charge in [0.15, 0.2) is 0 Å². The molecule has 1 aliphatic rings. The van der Waals surface area contributed by atoms with Crippen molar-refractivity contribution in [2.75, 3.05) is 31.3 Å². The van der Waals surface area contributed by atoms with E-state index in [0.717, 1.165) is 19.7 Å². The predicted octanol–water partition coefficient (Wildman–Crippen LogP) is -0.182. The minimum Gasteiger partial charge on any atom is -0.378 e. The van der Waals surface area contributed by atoms with Crippen LogP contribution >= 0.6 is 0 Å². The Labute approximate surface area is 76.7 Å². The molecule has 0 aliphatic carbocycles. The number of rotatable bonds is 1. The van der Waals surface area contributed by atoms with Crippen molar-refractivity contribution in [3.63, 3.8) is 0 Å². The summed E-state index contributed by atoms with van der Waals surface area (Å²) in [4.78, 5) is 8.28. The van der Waals surface area contributed by atoms with E-state index >= 15 is 0 Å². The van der Waals surface area contributed by atoms with Gasteiger partial charge in [-0.15, -0.1) is 0 Å². The molecule has 1 aromatic rings. The normalized spacial score (nSPS) is 18.3. The fourth-order valence-electron chi connectivity index (χ4n) is 1.19. The molecule has 1 saturated heterocycles. The Bertz CT molecular complexity index is 246. The third kappa shape index (κ3) is 2.13. The van der Waals surface area contributed by atoms with Crippen LogP contribution in [-0.4, -0.2) is 36.3 Å². The largest absolute Gasteiger partial charge is 0.378 e. The summed E-state index contributed by atoms with van der Waals surface area (Å²) in [6.07, 6.45) is 3.46. The molecule has 0 radical (unpaired) electrons. The number of hydrogen-bond acceptors (Lipinski definition) is 5. The molecule has 2 heterocycles. The SMILES string of the molecule is c1cnc(N2CCOCCN2)nc1.